The van der Waals surface area contributed by atoms with Crippen molar-refractivity contribution in [1.82, 2.24) is 15.2 Å². The minimum absolute atomic E-state index is 0.252. The summed E-state index contributed by atoms with van der Waals surface area (Å²) in [6.45, 7) is 0.218. The maximum Gasteiger partial charge on any atom is 0.325 e. The molecule has 25 heavy (non-hydrogen) atoms. The molecule has 2 heterocycles. The zero-order valence-corrected chi connectivity index (χ0v) is 13.9. The van der Waals surface area contributed by atoms with Gasteiger partial charge in [-0.25, -0.2) is 9.80 Å². The van der Waals surface area contributed by atoms with Crippen LogP contribution in [-0.2, 0) is 9.59 Å². The molecule has 0 bridgehead atoms. The van der Waals surface area contributed by atoms with Crippen LogP contribution in [0.1, 0.15) is 37.7 Å². The molecule has 4 rings (SSSR count). The van der Waals surface area contributed by atoms with Crippen molar-refractivity contribution in [2.75, 3.05) is 13.1 Å². The molecule has 0 unspecified atom stereocenters. The van der Waals surface area contributed by atoms with Gasteiger partial charge in [0.2, 0.25) is 0 Å². The molecular weight excluding hydrogens is 320 g/mol. The zero-order valence-electron chi connectivity index (χ0n) is 13.9. The lowest BCUT2D eigenvalue weighted by Gasteiger charge is -2.20. The van der Waals surface area contributed by atoms with E-state index in [1.54, 1.807) is 0 Å². The summed E-state index contributed by atoms with van der Waals surface area (Å²) in [5, 5.41) is 8.52. The number of rotatable bonds is 3. The largest absolute Gasteiger partial charge is 0.325 e. The van der Waals surface area contributed by atoms with Gasteiger partial charge >= 0.3 is 6.03 Å². The van der Waals surface area contributed by atoms with Gasteiger partial charge in [0, 0.05) is 6.42 Å². The van der Waals surface area contributed by atoms with Gasteiger partial charge in [0.1, 0.15) is 12.1 Å². The van der Waals surface area contributed by atoms with Crippen LogP contribution >= 0.6 is 0 Å². The van der Waals surface area contributed by atoms with E-state index < -0.39 is 11.6 Å². The Labute approximate surface area is 145 Å². The average Bonchev–Trinajstić information content (AvgIpc) is 3.33. The molecule has 0 aromatic heterocycles. The predicted octanol–water partition coefficient (Wildman–Crippen LogP) is 1.49. The normalized spacial score (nSPS) is 21.8. The summed E-state index contributed by atoms with van der Waals surface area (Å²) >= 11 is 0. The number of nitrogens with one attached hydrogen (secondary N) is 1. The van der Waals surface area contributed by atoms with Gasteiger partial charge in [-0.2, -0.15) is 5.10 Å². The first kappa shape index (κ1) is 15.8. The van der Waals surface area contributed by atoms with E-state index in [1.807, 2.05) is 30.3 Å². The van der Waals surface area contributed by atoms with Crippen LogP contribution in [0.4, 0.5) is 4.79 Å². The highest BCUT2D eigenvalue weighted by Crippen LogP contribution is 2.35. The Bertz CT molecular complexity index is 753. The van der Waals surface area contributed by atoms with Crippen molar-refractivity contribution >= 4 is 23.6 Å². The molecule has 7 heteroatoms. The van der Waals surface area contributed by atoms with E-state index in [0.717, 1.165) is 29.0 Å². The third kappa shape index (κ3) is 2.69. The lowest BCUT2D eigenvalue weighted by Crippen LogP contribution is -2.45. The highest BCUT2D eigenvalue weighted by Gasteiger charge is 2.52. The highest BCUT2D eigenvalue weighted by molar-refractivity contribution is 6.09. The Kier molecular flexibility index (Phi) is 3.78. The van der Waals surface area contributed by atoms with E-state index in [0.29, 0.717) is 25.8 Å². The zero-order chi connectivity index (χ0) is 17.4. The monoisotopic (exact) mass is 340 g/mol. The van der Waals surface area contributed by atoms with Gasteiger partial charge < -0.3 is 5.32 Å². The fraction of sp³-hybridized carbons (Fsp3) is 0.444. The van der Waals surface area contributed by atoms with E-state index in [-0.39, 0.29) is 18.4 Å². The molecule has 1 spiro atoms. The second-order valence-corrected chi connectivity index (χ2v) is 6.79. The van der Waals surface area contributed by atoms with Gasteiger partial charge in [0.15, 0.2) is 0 Å². The molecule has 3 aliphatic rings. The van der Waals surface area contributed by atoms with Gasteiger partial charge in [-0.3, -0.25) is 14.5 Å². The second-order valence-electron chi connectivity index (χ2n) is 6.79. The van der Waals surface area contributed by atoms with Crippen LogP contribution in [0, 0.1) is 0 Å². The summed E-state index contributed by atoms with van der Waals surface area (Å²) < 4.78 is 0. The van der Waals surface area contributed by atoms with E-state index in [1.165, 1.54) is 5.01 Å². The fourth-order valence-electron chi connectivity index (χ4n) is 3.82. The van der Waals surface area contributed by atoms with Gasteiger partial charge in [-0.1, -0.05) is 43.2 Å². The van der Waals surface area contributed by atoms with Crippen LogP contribution in [0.3, 0.4) is 0 Å². The minimum Gasteiger partial charge on any atom is -0.323 e. The molecule has 1 saturated heterocycles. The molecule has 1 aliphatic carbocycles. The van der Waals surface area contributed by atoms with Crippen LogP contribution in [-0.4, -0.2) is 52.1 Å². The first-order chi connectivity index (χ1) is 12.1. The molecule has 1 N–H and O–H groups in total. The number of hydrazone groups is 1. The van der Waals surface area contributed by atoms with Crippen LogP contribution < -0.4 is 5.32 Å². The van der Waals surface area contributed by atoms with Crippen LogP contribution in [0.25, 0.3) is 0 Å². The average molecular weight is 340 g/mol. The van der Waals surface area contributed by atoms with Crippen LogP contribution in [0.15, 0.2) is 35.4 Å². The lowest BCUT2D eigenvalue weighted by atomic mass is 9.98. The molecule has 1 aromatic rings. The number of carbonyl (C=O) groups excluding carboxylic acids is 3. The number of hydrogen-bond donors (Lipinski definition) is 1. The van der Waals surface area contributed by atoms with E-state index in [2.05, 4.69) is 10.4 Å². The second kappa shape index (κ2) is 5.98. The van der Waals surface area contributed by atoms with Crippen LogP contribution in [0.5, 0.6) is 0 Å². The summed E-state index contributed by atoms with van der Waals surface area (Å²) in [7, 11) is 0. The van der Waals surface area contributed by atoms with Gasteiger partial charge in [0.25, 0.3) is 11.8 Å². The molecular formula is C18H20N4O3. The highest BCUT2D eigenvalue weighted by atomic mass is 16.2. The molecule has 2 fully saturated rings. The van der Waals surface area contributed by atoms with E-state index >= 15 is 0 Å². The Morgan fingerprint density at radius 3 is 2.60 bits per heavy atom. The first-order valence-corrected chi connectivity index (χ1v) is 8.66. The van der Waals surface area contributed by atoms with Gasteiger partial charge in [-0.05, 0) is 18.4 Å². The number of urea groups is 1. The summed E-state index contributed by atoms with van der Waals surface area (Å²) in [6.07, 6.45) is 3.82. The number of hydrogen-bond acceptors (Lipinski definition) is 4. The molecule has 0 radical (unpaired) electrons. The molecule has 2 aliphatic heterocycles. The quantitative estimate of drug-likeness (QED) is 0.846. The Morgan fingerprint density at radius 1 is 1.16 bits per heavy atom. The summed E-state index contributed by atoms with van der Waals surface area (Å²) in [5.74, 6) is -0.598. The number of amides is 4. The molecule has 4 amide bonds. The first-order valence-electron chi connectivity index (χ1n) is 8.66. The van der Waals surface area contributed by atoms with E-state index in [4.69, 9.17) is 0 Å². The predicted molar refractivity (Wildman–Crippen MR) is 90.8 cm³/mol. The maximum absolute atomic E-state index is 12.6. The third-order valence-electron chi connectivity index (χ3n) is 5.19. The Hall–Kier alpha value is -2.70. The third-order valence-corrected chi connectivity index (χ3v) is 5.19. The smallest absolute Gasteiger partial charge is 0.323 e. The van der Waals surface area contributed by atoms with Crippen molar-refractivity contribution in [2.24, 2.45) is 5.10 Å². The fourth-order valence-corrected chi connectivity index (χ4v) is 3.82. The van der Waals surface area contributed by atoms with E-state index in [9.17, 15) is 14.4 Å². The molecule has 130 valence electrons. The summed E-state index contributed by atoms with van der Waals surface area (Å²) in [6, 6.07) is 9.22. The van der Waals surface area contributed by atoms with Crippen molar-refractivity contribution in [3.05, 3.63) is 35.9 Å². The Balaban J connectivity index is 1.45. The van der Waals surface area contributed by atoms with Crippen molar-refractivity contribution in [2.45, 2.75) is 37.6 Å². The SMILES string of the molecule is O=C(CN1C(=O)NC2(CCCC2)C1=O)N1CCC(c2ccccc2)=N1. The summed E-state index contributed by atoms with van der Waals surface area (Å²) in [4.78, 5) is 38.3. The summed E-state index contributed by atoms with van der Waals surface area (Å²) in [5.41, 5.74) is 1.05. The molecule has 1 saturated carbocycles. The molecule has 0 atom stereocenters. The van der Waals surface area contributed by atoms with Crippen LogP contribution in [0.2, 0.25) is 0 Å². The van der Waals surface area contributed by atoms with Gasteiger partial charge in [0.05, 0.1) is 12.3 Å². The minimum atomic E-state index is -0.777. The van der Waals surface area contributed by atoms with Crippen molar-refractivity contribution in [3.8, 4) is 0 Å². The number of carbonyl (C=O) groups is 3. The molecule has 7 nitrogen and oxygen atoms in total. The topological polar surface area (TPSA) is 82.1 Å². The standard InChI is InChI=1S/C18H20N4O3/c23-15(22-11-8-14(20-22)13-6-2-1-3-7-13)12-21-16(24)18(19-17(21)25)9-4-5-10-18/h1-3,6-7H,4-5,8-12H2,(H,19,25). The number of benzene rings is 1. The van der Waals surface area contributed by atoms with Crippen molar-refractivity contribution in [1.29, 1.82) is 0 Å². The van der Waals surface area contributed by atoms with Gasteiger partial charge in [-0.15, -0.1) is 0 Å². The van der Waals surface area contributed by atoms with Crippen molar-refractivity contribution in [3.63, 3.8) is 0 Å². The maximum atomic E-state index is 12.6. The number of nitrogens with zero attached hydrogens (tertiary/aromatic N) is 3. The number of imide groups is 1. The van der Waals surface area contributed by atoms with Crippen molar-refractivity contribution < 1.29 is 14.4 Å². The Morgan fingerprint density at radius 2 is 1.88 bits per heavy atom. The molecule has 1 aromatic carbocycles. The lowest BCUT2D eigenvalue weighted by molar-refractivity contribution is -0.138.